The fraction of sp³-hybridized carbons (Fsp3) is 0. The van der Waals surface area contributed by atoms with E-state index < -0.39 is 7.82 Å². The molecule has 0 atom stereocenters. The van der Waals surface area contributed by atoms with Crippen LogP contribution in [0.5, 0.6) is 0 Å². The van der Waals surface area contributed by atoms with Gasteiger partial charge in [-0.25, -0.2) is 4.57 Å². The second-order valence-electron chi connectivity index (χ2n) is 5.80. The van der Waals surface area contributed by atoms with Gasteiger partial charge >= 0.3 is 12.7 Å². The Hall–Kier alpha value is -2.70. The Morgan fingerprint density at radius 1 is 0.889 bits per heavy atom. The fourth-order valence-electron chi connectivity index (χ4n) is 3.02. The smallest absolute Gasteiger partial charge is 0.427 e. The Morgan fingerprint density at radius 3 is 2.07 bits per heavy atom. The normalized spacial score (nSPS) is 11.6. The number of fused-ring (bicyclic) bond motifs is 1. The Kier molecular flexibility index (Phi) is 4.45. The van der Waals surface area contributed by atoms with E-state index >= 15 is 0 Å². The van der Waals surface area contributed by atoms with E-state index in [1.54, 1.807) is 6.07 Å². The SMILES string of the molecule is O=P(O)(O)On1c(=S)oc2ccc(-c3ccccc3)c(-c3ccccc3)c21. The Labute approximate surface area is 159 Å². The number of phosphoric acid groups is 1. The molecular formula is C19H14NO5PS. The van der Waals surface area contributed by atoms with Crippen LogP contribution in [-0.4, -0.2) is 14.5 Å². The van der Waals surface area contributed by atoms with Gasteiger partial charge in [-0.2, -0.15) is 0 Å². The second-order valence-corrected chi connectivity index (χ2v) is 7.30. The van der Waals surface area contributed by atoms with Crippen molar-refractivity contribution in [3.63, 3.8) is 0 Å². The molecule has 0 aliphatic rings. The lowest BCUT2D eigenvalue weighted by atomic mass is 9.93. The molecule has 0 amide bonds. The van der Waals surface area contributed by atoms with E-state index in [0.29, 0.717) is 16.7 Å². The van der Waals surface area contributed by atoms with E-state index in [4.69, 9.17) is 21.3 Å². The van der Waals surface area contributed by atoms with Crippen LogP contribution in [-0.2, 0) is 4.57 Å². The summed E-state index contributed by atoms with van der Waals surface area (Å²) in [6.07, 6.45) is 0. The van der Waals surface area contributed by atoms with Crippen molar-refractivity contribution in [2.24, 2.45) is 0 Å². The zero-order valence-electron chi connectivity index (χ0n) is 13.9. The van der Waals surface area contributed by atoms with Crippen LogP contribution in [0.3, 0.4) is 0 Å². The summed E-state index contributed by atoms with van der Waals surface area (Å²) in [5.74, 6) is 0. The number of hydrogen-bond acceptors (Lipinski definition) is 4. The average molecular weight is 399 g/mol. The van der Waals surface area contributed by atoms with Gasteiger partial charge in [0, 0.05) is 5.56 Å². The number of rotatable bonds is 4. The molecule has 0 saturated carbocycles. The summed E-state index contributed by atoms with van der Waals surface area (Å²) >= 11 is 5.12. The standard InChI is InChI=1S/C19H14NO5PS/c21-26(22,23)25-20-18-16(24-19(20)27)12-11-15(13-7-3-1-4-8-13)17(18)14-9-5-2-6-10-14/h1-12H,(H2,21,22,23). The first kappa shape index (κ1) is 17.7. The lowest BCUT2D eigenvalue weighted by molar-refractivity contribution is 0.174. The van der Waals surface area contributed by atoms with Crippen LogP contribution in [0.25, 0.3) is 33.4 Å². The average Bonchev–Trinajstić information content (AvgIpc) is 2.96. The third-order valence-electron chi connectivity index (χ3n) is 4.04. The van der Waals surface area contributed by atoms with Crippen molar-refractivity contribution in [1.82, 2.24) is 4.73 Å². The van der Waals surface area contributed by atoms with Crippen LogP contribution >= 0.6 is 20.0 Å². The molecule has 136 valence electrons. The lowest BCUT2D eigenvalue weighted by Gasteiger charge is -2.14. The summed E-state index contributed by atoms with van der Waals surface area (Å²) in [6, 6.07) is 22.7. The molecule has 8 heteroatoms. The number of benzene rings is 3. The number of aromatic nitrogens is 1. The minimum Gasteiger partial charge on any atom is -0.427 e. The first-order valence-corrected chi connectivity index (χ1v) is 9.93. The summed E-state index contributed by atoms with van der Waals surface area (Å²) in [4.78, 5) is 18.4. The second kappa shape index (κ2) is 6.79. The van der Waals surface area contributed by atoms with Crippen molar-refractivity contribution in [2.75, 3.05) is 0 Å². The summed E-state index contributed by atoms with van der Waals surface area (Å²) < 4.78 is 22.7. The predicted octanol–water partition coefficient (Wildman–Crippen LogP) is 4.82. The molecule has 0 bridgehead atoms. The molecule has 0 aliphatic heterocycles. The molecule has 2 N–H and O–H groups in total. The maximum atomic E-state index is 11.5. The monoisotopic (exact) mass is 399 g/mol. The van der Waals surface area contributed by atoms with Crippen molar-refractivity contribution in [1.29, 1.82) is 0 Å². The van der Waals surface area contributed by atoms with E-state index in [1.165, 1.54) is 0 Å². The summed E-state index contributed by atoms with van der Waals surface area (Å²) in [5, 5.41) is 0. The van der Waals surface area contributed by atoms with Gasteiger partial charge in [-0.1, -0.05) is 60.7 Å². The molecule has 1 aromatic heterocycles. The van der Waals surface area contributed by atoms with Gasteiger partial charge in [0.15, 0.2) is 5.58 Å². The van der Waals surface area contributed by atoms with Crippen LogP contribution in [0.4, 0.5) is 0 Å². The molecule has 0 unspecified atom stereocenters. The zero-order chi connectivity index (χ0) is 19.0. The molecule has 3 aromatic carbocycles. The molecular weight excluding hydrogens is 385 g/mol. The highest BCUT2D eigenvalue weighted by molar-refractivity contribution is 7.71. The summed E-state index contributed by atoms with van der Waals surface area (Å²) in [5.41, 5.74) is 4.05. The van der Waals surface area contributed by atoms with E-state index in [9.17, 15) is 14.4 Å². The molecule has 4 rings (SSSR count). The maximum absolute atomic E-state index is 11.5. The lowest BCUT2D eigenvalue weighted by Crippen LogP contribution is -2.09. The van der Waals surface area contributed by atoms with E-state index in [2.05, 4.69) is 0 Å². The van der Waals surface area contributed by atoms with Gasteiger partial charge in [0.05, 0.1) is 0 Å². The summed E-state index contributed by atoms with van der Waals surface area (Å²) in [6.45, 7) is 0. The van der Waals surface area contributed by atoms with Gasteiger partial charge in [-0.3, -0.25) is 9.79 Å². The highest BCUT2D eigenvalue weighted by Gasteiger charge is 2.24. The van der Waals surface area contributed by atoms with Gasteiger partial charge < -0.3 is 9.04 Å². The Bertz CT molecular complexity index is 1210. The molecule has 6 nitrogen and oxygen atoms in total. The summed E-state index contributed by atoms with van der Waals surface area (Å²) in [7, 11) is -4.85. The zero-order valence-corrected chi connectivity index (χ0v) is 15.6. The molecule has 27 heavy (non-hydrogen) atoms. The molecule has 4 aromatic rings. The van der Waals surface area contributed by atoms with Crippen LogP contribution in [0.15, 0.2) is 77.2 Å². The van der Waals surface area contributed by atoms with Crippen molar-refractivity contribution in [2.45, 2.75) is 0 Å². The van der Waals surface area contributed by atoms with Crippen LogP contribution in [0.2, 0.25) is 0 Å². The molecule has 0 radical (unpaired) electrons. The van der Waals surface area contributed by atoms with Gasteiger partial charge in [-0.05, 0) is 41.0 Å². The topological polar surface area (TPSA) is 84.8 Å². The maximum Gasteiger partial charge on any atom is 0.544 e. The Morgan fingerprint density at radius 2 is 1.48 bits per heavy atom. The number of hydrogen-bond donors (Lipinski definition) is 2. The van der Waals surface area contributed by atoms with Gasteiger partial charge in [0.2, 0.25) is 0 Å². The van der Waals surface area contributed by atoms with Gasteiger partial charge in [0.1, 0.15) is 5.52 Å². The van der Waals surface area contributed by atoms with Crippen molar-refractivity contribution < 1.29 is 23.4 Å². The molecule has 0 spiro atoms. The fourth-order valence-corrected chi connectivity index (χ4v) is 3.66. The van der Waals surface area contributed by atoms with E-state index in [-0.39, 0.29) is 4.84 Å². The molecule has 0 fully saturated rings. The minimum atomic E-state index is -4.85. The van der Waals surface area contributed by atoms with Crippen LogP contribution in [0, 0.1) is 4.84 Å². The highest BCUT2D eigenvalue weighted by atomic mass is 32.1. The van der Waals surface area contributed by atoms with Crippen molar-refractivity contribution in [3.05, 3.63) is 77.6 Å². The van der Waals surface area contributed by atoms with Crippen molar-refractivity contribution in [3.8, 4) is 22.3 Å². The third kappa shape index (κ3) is 3.46. The molecule has 1 heterocycles. The minimum absolute atomic E-state index is 0.185. The first-order chi connectivity index (χ1) is 12.9. The largest absolute Gasteiger partial charge is 0.544 e. The van der Waals surface area contributed by atoms with Crippen LogP contribution < -0.4 is 4.62 Å². The Balaban J connectivity index is 2.12. The third-order valence-corrected chi connectivity index (χ3v) is 4.67. The van der Waals surface area contributed by atoms with E-state index in [1.807, 2.05) is 66.7 Å². The quantitative estimate of drug-likeness (QED) is 0.378. The highest BCUT2D eigenvalue weighted by Crippen LogP contribution is 2.40. The van der Waals surface area contributed by atoms with Gasteiger partial charge in [0.25, 0.3) is 0 Å². The predicted molar refractivity (Wildman–Crippen MR) is 105 cm³/mol. The van der Waals surface area contributed by atoms with E-state index in [0.717, 1.165) is 21.4 Å². The van der Waals surface area contributed by atoms with Crippen LogP contribution in [0.1, 0.15) is 0 Å². The molecule has 0 saturated heterocycles. The molecule has 0 aliphatic carbocycles. The number of nitrogens with zero attached hydrogens (tertiary/aromatic N) is 1. The van der Waals surface area contributed by atoms with Gasteiger partial charge in [-0.15, -0.1) is 4.73 Å². The van der Waals surface area contributed by atoms with Crippen molar-refractivity contribution >= 4 is 31.1 Å². The number of oxazole rings is 1. The first-order valence-electron chi connectivity index (χ1n) is 7.99.